The zero-order valence-corrected chi connectivity index (χ0v) is 9.31. The van der Waals surface area contributed by atoms with Crippen LogP contribution in [-0.2, 0) is 12.7 Å². The maximum Gasteiger partial charge on any atom is 0.435 e. The van der Waals surface area contributed by atoms with Crippen molar-refractivity contribution in [2.45, 2.75) is 32.0 Å². The standard InChI is InChI=1S/C9H12F3N3O3/c10-9(11,12)7-6(8(17)18)13-14-15(7)4-2-1-3-5-16/h16H,1-5H2,(H,17,18). The average Bonchev–Trinajstić information content (AvgIpc) is 2.68. The number of rotatable bonds is 6. The zero-order chi connectivity index (χ0) is 13.8. The molecule has 0 aliphatic carbocycles. The Hall–Kier alpha value is -1.64. The highest BCUT2D eigenvalue weighted by atomic mass is 19.4. The van der Waals surface area contributed by atoms with Crippen molar-refractivity contribution >= 4 is 5.97 Å². The summed E-state index contributed by atoms with van der Waals surface area (Å²) in [6.45, 7) is -0.126. The molecule has 0 bridgehead atoms. The van der Waals surface area contributed by atoms with E-state index in [1.807, 2.05) is 0 Å². The lowest BCUT2D eigenvalue weighted by atomic mass is 10.2. The van der Waals surface area contributed by atoms with Crippen molar-refractivity contribution in [3.63, 3.8) is 0 Å². The van der Waals surface area contributed by atoms with E-state index < -0.39 is 23.5 Å². The van der Waals surface area contributed by atoms with Gasteiger partial charge in [0.1, 0.15) is 0 Å². The smallest absolute Gasteiger partial charge is 0.435 e. The van der Waals surface area contributed by atoms with Crippen molar-refractivity contribution < 1.29 is 28.2 Å². The number of carboxylic acid groups (broad SMARTS) is 1. The van der Waals surface area contributed by atoms with Gasteiger partial charge in [-0.2, -0.15) is 13.2 Å². The number of carbonyl (C=O) groups is 1. The Labute approximate surface area is 100 Å². The molecule has 0 atom stereocenters. The van der Waals surface area contributed by atoms with E-state index in [4.69, 9.17) is 10.2 Å². The Morgan fingerprint density at radius 3 is 2.44 bits per heavy atom. The zero-order valence-electron chi connectivity index (χ0n) is 9.31. The molecule has 0 spiro atoms. The molecule has 1 rings (SSSR count). The summed E-state index contributed by atoms with van der Waals surface area (Å²) in [4.78, 5) is 10.6. The molecule has 0 aliphatic rings. The van der Waals surface area contributed by atoms with Gasteiger partial charge in [0.15, 0.2) is 5.69 Å². The first-order valence-electron chi connectivity index (χ1n) is 5.22. The highest BCUT2D eigenvalue weighted by Gasteiger charge is 2.41. The third-order valence-electron chi connectivity index (χ3n) is 2.23. The molecule has 0 amide bonds. The monoisotopic (exact) mass is 267 g/mol. The number of hydrogen-bond donors (Lipinski definition) is 2. The minimum absolute atomic E-state index is 0.0378. The van der Waals surface area contributed by atoms with Crippen LogP contribution in [-0.4, -0.2) is 37.8 Å². The largest absolute Gasteiger partial charge is 0.476 e. The number of aliphatic hydroxyl groups excluding tert-OH is 1. The summed E-state index contributed by atoms with van der Waals surface area (Å²) in [6.07, 6.45) is -3.46. The number of nitrogens with zero attached hydrogens (tertiary/aromatic N) is 3. The van der Waals surface area contributed by atoms with E-state index in [1.165, 1.54) is 0 Å². The van der Waals surface area contributed by atoms with Crippen LogP contribution in [0.1, 0.15) is 35.4 Å². The SMILES string of the molecule is O=C(O)c1nnn(CCCCCO)c1C(F)(F)F. The van der Waals surface area contributed by atoms with Crippen LogP contribution in [0.5, 0.6) is 0 Å². The second-order valence-electron chi connectivity index (χ2n) is 3.60. The van der Waals surface area contributed by atoms with E-state index in [0.29, 0.717) is 23.9 Å². The molecule has 9 heteroatoms. The van der Waals surface area contributed by atoms with E-state index in [1.54, 1.807) is 0 Å². The fourth-order valence-corrected chi connectivity index (χ4v) is 1.44. The lowest BCUT2D eigenvalue weighted by Gasteiger charge is -2.09. The van der Waals surface area contributed by atoms with Gasteiger partial charge in [0.05, 0.1) is 0 Å². The van der Waals surface area contributed by atoms with Gasteiger partial charge >= 0.3 is 12.1 Å². The van der Waals surface area contributed by atoms with Crippen LogP contribution in [0.25, 0.3) is 0 Å². The van der Waals surface area contributed by atoms with Crippen molar-refractivity contribution in [1.82, 2.24) is 15.0 Å². The third kappa shape index (κ3) is 3.42. The van der Waals surface area contributed by atoms with E-state index in [0.717, 1.165) is 0 Å². The number of alkyl halides is 3. The van der Waals surface area contributed by atoms with E-state index >= 15 is 0 Å². The average molecular weight is 267 g/mol. The molecule has 1 aromatic heterocycles. The lowest BCUT2D eigenvalue weighted by Crippen LogP contribution is -2.18. The van der Waals surface area contributed by atoms with Gasteiger partial charge in [-0.3, -0.25) is 0 Å². The predicted octanol–water partition coefficient (Wildman–Crippen LogP) is 1.16. The second kappa shape index (κ2) is 5.80. The van der Waals surface area contributed by atoms with Crippen LogP contribution in [0.3, 0.4) is 0 Å². The minimum atomic E-state index is -4.81. The minimum Gasteiger partial charge on any atom is -0.476 e. The Morgan fingerprint density at radius 1 is 1.28 bits per heavy atom. The van der Waals surface area contributed by atoms with Gasteiger partial charge in [0.25, 0.3) is 0 Å². The molecule has 0 unspecified atom stereocenters. The van der Waals surface area contributed by atoms with Gasteiger partial charge in [-0.15, -0.1) is 5.10 Å². The molecule has 18 heavy (non-hydrogen) atoms. The molecular formula is C9H12F3N3O3. The normalized spacial score (nSPS) is 11.8. The summed E-state index contributed by atoms with van der Waals surface area (Å²) < 4.78 is 38.6. The number of unbranched alkanes of at least 4 members (excludes halogenated alkanes) is 2. The Kier molecular flexibility index (Phi) is 4.65. The fraction of sp³-hybridized carbons (Fsp3) is 0.667. The van der Waals surface area contributed by atoms with Crippen LogP contribution in [0.4, 0.5) is 13.2 Å². The molecule has 6 nitrogen and oxygen atoms in total. The highest BCUT2D eigenvalue weighted by Crippen LogP contribution is 2.31. The number of aryl methyl sites for hydroxylation is 1. The molecule has 1 heterocycles. The Morgan fingerprint density at radius 2 is 1.94 bits per heavy atom. The summed E-state index contributed by atoms with van der Waals surface area (Å²) in [7, 11) is 0. The van der Waals surface area contributed by atoms with Crippen LogP contribution in [0, 0.1) is 0 Å². The number of hydrogen-bond acceptors (Lipinski definition) is 4. The first kappa shape index (κ1) is 14.4. The predicted molar refractivity (Wildman–Crippen MR) is 52.9 cm³/mol. The third-order valence-corrected chi connectivity index (χ3v) is 2.23. The van der Waals surface area contributed by atoms with E-state index in [2.05, 4.69) is 10.3 Å². The molecule has 0 radical (unpaired) electrons. The van der Waals surface area contributed by atoms with Crippen LogP contribution in [0.2, 0.25) is 0 Å². The number of aliphatic hydroxyl groups is 1. The van der Waals surface area contributed by atoms with Crippen molar-refractivity contribution in [3.05, 3.63) is 11.4 Å². The van der Waals surface area contributed by atoms with Gasteiger partial charge in [-0.1, -0.05) is 5.21 Å². The molecule has 0 aromatic carbocycles. The summed E-state index contributed by atoms with van der Waals surface area (Å²) >= 11 is 0. The molecule has 2 N–H and O–H groups in total. The summed E-state index contributed by atoms with van der Waals surface area (Å²) in [5.41, 5.74) is -2.44. The maximum absolute atomic E-state index is 12.7. The van der Waals surface area contributed by atoms with Crippen LogP contribution in [0.15, 0.2) is 0 Å². The van der Waals surface area contributed by atoms with Gasteiger partial charge in [-0.25, -0.2) is 9.48 Å². The molecular weight excluding hydrogens is 255 g/mol. The van der Waals surface area contributed by atoms with E-state index in [-0.39, 0.29) is 13.2 Å². The number of carboxylic acids is 1. The molecule has 0 aliphatic heterocycles. The van der Waals surface area contributed by atoms with Gasteiger partial charge in [0, 0.05) is 13.2 Å². The number of aromatic nitrogens is 3. The highest BCUT2D eigenvalue weighted by molar-refractivity contribution is 5.86. The van der Waals surface area contributed by atoms with Gasteiger partial charge in [0.2, 0.25) is 5.69 Å². The quantitative estimate of drug-likeness (QED) is 0.755. The van der Waals surface area contributed by atoms with E-state index in [9.17, 15) is 18.0 Å². The summed E-state index contributed by atoms with van der Waals surface area (Å²) in [6, 6.07) is 0. The van der Waals surface area contributed by atoms with Gasteiger partial charge in [-0.05, 0) is 19.3 Å². The Balaban J connectivity index is 2.88. The fourth-order valence-electron chi connectivity index (χ4n) is 1.44. The Bertz CT molecular complexity index is 417. The van der Waals surface area contributed by atoms with Crippen molar-refractivity contribution in [3.8, 4) is 0 Å². The van der Waals surface area contributed by atoms with Gasteiger partial charge < -0.3 is 10.2 Å². The summed E-state index contributed by atoms with van der Waals surface area (Å²) in [5.74, 6) is -1.76. The molecule has 0 saturated carbocycles. The lowest BCUT2D eigenvalue weighted by molar-refractivity contribution is -0.144. The molecule has 0 saturated heterocycles. The van der Waals surface area contributed by atoms with Crippen LogP contribution < -0.4 is 0 Å². The van der Waals surface area contributed by atoms with Crippen molar-refractivity contribution in [2.75, 3.05) is 6.61 Å². The first-order chi connectivity index (χ1) is 8.38. The van der Waals surface area contributed by atoms with Crippen molar-refractivity contribution in [1.29, 1.82) is 0 Å². The summed E-state index contributed by atoms with van der Waals surface area (Å²) in [5, 5.41) is 23.4. The molecule has 0 fully saturated rings. The number of halogens is 3. The first-order valence-corrected chi connectivity index (χ1v) is 5.22. The maximum atomic E-state index is 12.7. The molecule has 102 valence electrons. The number of aromatic carboxylic acids is 1. The van der Waals surface area contributed by atoms with Crippen LogP contribution >= 0.6 is 0 Å². The van der Waals surface area contributed by atoms with Crippen molar-refractivity contribution in [2.24, 2.45) is 0 Å². The molecule has 1 aromatic rings. The topological polar surface area (TPSA) is 88.2 Å². The second-order valence-corrected chi connectivity index (χ2v) is 3.60.